The molecule has 0 nitrogen and oxygen atoms in total. The summed E-state index contributed by atoms with van der Waals surface area (Å²) in [4.78, 5) is 1.48. The fraction of sp³-hybridized carbons (Fsp3) is 0.182. The van der Waals surface area contributed by atoms with Crippen LogP contribution in [0.25, 0.3) is 6.08 Å². The third kappa shape index (κ3) is 1.25. The third-order valence-electron chi connectivity index (χ3n) is 2.17. The zero-order chi connectivity index (χ0) is 8.55. The van der Waals surface area contributed by atoms with Crippen molar-refractivity contribution >= 4 is 21.9 Å². The molecule has 0 bridgehead atoms. The van der Waals surface area contributed by atoms with Crippen LogP contribution in [0, 0.1) is 0 Å². The van der Waals surface area contributed by atoms with Gasteiger partial charge in [-0.3, -0.25) is 0 Å². The zero-order valence-electron chi connectivity index (χ0n) is 7.37. The van der Waals surface area contributed by atoms with Gasteiger partial charge >= 0.3 is 0 Å². The van der Waals surface area contributed by atoms with E-state index in [0.29, 0.717) is 10.5 Å². The normalized spacial score (nSPS) is 20.8. The minimum atomic E-state index is 0.340. The van der Waals surface area contributed by atoms with Gasteiger partial charge in [0, 0.05) is 0 Å². The van der Waals surface area contributed by atoms with Crippen molar-refractivity contribution in [2.24, 2.45) is 0 Å². The van der Waals surface area contributed by atoms with Crippen molar-refractivity contribution in [2.75, 3.05) is 6.26 Å². The highest BCUT2D eigenvalue weighted by molar-refractivity contribution is 8.18. The lowest BCUT2D eigenvalue weighted by Crippen LogP contribution is -1.92. The van der Waals surface area contributed by atoms with Gasteiger partial charge < -0.3 is 0 Å². The molecule has 0 saturated heterocycles. The second-order valence-corrected chi connectivity index (χ2v) is 5.05. The second-order valence-electron chi connectivity index (χ2n) is 3.06. The van der Waals surface area contributed by atoms with Crippen LogP contribution in [-0.2, 0) is 0 Å². The molecule has 1 aromatic rings. The molecule has 2 rings (SSSR count). The number of allylic oxidation sites excluding steroid dienone is 1. The number of hydrogen-bond acceptors (Lipinski definition) is 0. The first-order valence-corrected chi connectivity index (χ1v) is 5.74. The van der Waals surface area contributed by atoms with E-state index < -0.39 is 0 Å². The summed E-state index contributed by atoms with van der Waals surface area (Å²) in [5.41, 5.74) is 2.74. The molecular formula is C11H12S. The molecule has 0 saturated carbocycles. The Labute approximate surface area is 75.9 Å². The summed E-state index contributed by atoms with van der Waals surface area (Å²) in [5.74, 6) is 0. The van der Waals surface area contributed by atoms with Gasteiger partial charge in [-0.15, -0.1) is 0 Å². The van der Waals surface area contributed by atoms with E-state index in [1.54, 1.807) is 0 Å². The maximum atomic E-state index is 2.35. The van der Waals surface area contributed by atoms with Gasteiger partial charge in [0.15, 0.2) is 0 Å². The maximum Gasteiger partial charge on any atom is -0.0125 e. The van der Waals surface area contributed by atoms with Crippen molar-refractivity contribution in [1.82, 2.24) is 0 Å². The molecule has 1 heteroatoms. The largest absolute Gasteiger partial charge is 0.162 e. The van der Waals surface area contributed by atoms with Crippen LogP contribution in [0.3, 0.4) is 0 Å². The lowest BCUT2D eigenvalue weighted by molar-refractivity contribution is 1.60. The van der Waals surface area contributed by atoms with Crippen LogP contribution in [0.5, 0.6) is 0 Å². The Morgan fingerprint density at radius 1 is 1.08 bits per heavy atom. The van der Waals surface area contributed by atoms with Crippen molar-refractivity contribution in [3.8, 4) is 0 Å². The van der Waals surface area contributed by atoms with Crippen molar-refractivity contribution in [3.05, 3.63) is 40.3 Å². The number of benzene rings is 1. The molecule has 12 heavy (non-hydrogen) atoms. The molecule has 0 amide bonds. The summed E-state index contributed by atoms with van der Waals surface area (Å²) < 4.78 is 0. The first-order valence-electron chi connectivity index (χ1n) is 4.04. The Kier molecular flexibility index (Phi) is 1.89. The van der Waals surface area contributed by atoms with Gasteiger partial charge in [-0.2, -0.15) is 10.5 Å². The van der Waals surface area contributed by atoms with Crippen molar-refractivity contribution in [2.45, 2.75) is 6.92 Å². The molecular weight excluding hydrogens is 164 g/mol. The molecule has 1 heterocycles. The summed E-state index contributed by atoms with van der Waals surface area (Å²) in [6, 6.07) is 8.55. The second kappa shape index (κ2) is 2.91. The summed E-state index contributed by atoms with van der Waals surface area (Å²) in [5, 5.41) is 2.35. The van der Waals surface area contributed by atoms with Crippen LogP contribution >= 0.6 is 10.5 Å². The van der Waals surface area contributed by atoms with Gasteiger partial charge in [0.1, 0.15) is 0 Å². The highest BCUT2D eigenvalue weighted by atomic mass is 32.2. The highest BCUT2D eigenvalue weighted by Gasteiger charge is 2.03. The van der Waals surface area contributed by atoms with E-state index in [9.17, 15) is 0 Å². The Bertz CT molecular complexity index is 335. The van der Waals surface area contributed by atoms with Crippen molar-refractivity contribution in [3.63, 3.8) is 0 Å². The van der Waals surface area contributed by atoms with E-state index in [4.69, 9.17) is 0 Å². The predicted octanol–water partition coefficient (Wildman–Crippen LogP) is 3.11. The average Bonchev–Trinajstić information content (AvgIpc) is 2.07. The fourth-order valence-corrected chi connectivity index (χ4v) is 2.44. The number of rotatable bonds is 0. The monoisotopic (exact) mass is 176 g/mol. The van der Waals surface area contributed by atoms with E-state index in [0.717, 1.165) is 0 Å². The molecule has 0 aromatic heterocycles. The molecule has 0 aliphatic carbocycles. The lowest BCUT2D eigenvalue weighted by Gasteiger charge is -2.12. The van der Waals surface area contributed by atoms with Gasteiger partial charge in [0.2, 0.25) is 0 Å². The van der Waals surface area contributed by atoms with Crippen molar-refractivity contribution < 1.29 is 0 Å². The third-order valence-corrected chi connectivity index (χ3v) is 3.91. The Hall–Kier alpha value is -0.820. The molecule has 0 radical (unpaired) electrons. The minimum Gasteiger partial charge on any atom is -0.162 e. The summed E-state index contributed by atoms with van der Waals surface area (Å²) in [6.45, 7) is 2.20. The van der Waals surface area contributed by atoms with Gasteiger partial charge in [0.25, 0.3) is 0 Å². The maximum absolute atomic E-state index is 2.35. The van der Waals surface area contributed by atoms with Gasteiger partial charge in [-0.05, 0) is 40.7 Å². The fourth-order valence-electron chi connectivity index (χ4n) is 1.34. The molecule has 0 fully saturated rings. The summed E-state index contributed by atoms with van der Waals surface area (Å²) in [7, 11) is 0.340. The predicted molar refractivity (Wildman–Crippen MR) is 58.8 cm³/mol. The molecule has 0 spiro atoms. The Morgan fingerprint density at radius 2 is 1.75 bits per heavy atom. The van der Waals surface area contributed by atoms with Gasteiger partial charge in [0.05, 0.1) is 0 Å². The van der Waals surface area contributed by atoms with Gasteiger partial charge in [-0.1, -0.05) is 24.3 Å². The van der Waals surface area contributed by atoms with Crippen molar-refractivity contribution in [1.29, 1.82) is 0 Å². The topological polar surface area (TPSA) is 0 Å². The van der Waals surface area contributed by atoms with E-state index in [1.807, 2.05) is 0 Å². The quantitative estimate of drug-likeness (QED) is 0.533. The lowest BCUT2D eigenvalue weighted by atomic mass is 10.1. The minimum absolute atomic E-state index is 0.340. The number of fused-ring (bicyclic) bond motifs is 1. The van der Waals surface area contributed by atoms with Crippen LogP contribution in [0.4, 0.5) is 0 Å². The van der Waals surface area contributed by atoms with E-state index in [2.05, 4.69) is 48.9 Å². The summed E-state index contributed by atoms with van der Waals surface area (Å²) in [6.07, 6.45) is 4.56. The number of hydrogen-bond donors (Lipinski definition) is 0. The van der Waals surface area contributed by atoms with E-state index in [1.165, 1.54) is 16.0 Å². The van der Waals surface area contributed by atoms with Crippen LogP contribution in [0.2, 0.25) is 0 Å². The van der Waals surface area contributed by atoms with Crippen LogP contribution < -0.4 is 0 Å². The molecule has 0 N–H and O–H groups in total. The summed E-state index contributed by atoms with van der Waals surface area (Å²) >= 11 is 0. The molecule has 1 unspecified atom stereocenters. The molecule has 62 valence electrons. The van der Waals surface area contributed by atoms with E-state index in [-0.39, 0.29) is 0 Å². The van der Waals surface area contributed by atoms with Crippen LogP contribution in [0.1, 0.15) is 18.1 Å². The zero-order valence-corrected chi connectivity index (χ0v) is 8.19. The van der Waals surface area contributed by atoms with Crippen LogP contribution in [-0.4, -0.2) is 11.6 Å². The SMILES string of the molecule is CC1=Cc2ccccc2C=S1C. The Morgan fingerprint density at radius 3 is 2.50 bits per heavy atom. The van der Waals surface area contributed by atoms with Gasteiger partial charge in [-0.25, -0.2) is 0 Å². The molecule has 1 aromatic carbocycles. The Balaban J connectivity index is 2.63. The first-order chi connectivity index (χ1) is 5.77. The average molecular weight is 176 g/mol. The molecule has 1 atom stereocenters. The highest BCUT2D eigenvalue weighted by Crippen LogP contribution is 2.29. The molecule has 1 aliphatic rings. The smallest absolute Gasteiger partial charge is 0.0125 e. The van der Waals surface area contributed by atoms with Crippen LogP contribution in [0.15, 0.2) is 29.2 Å². The first kappa shape index (κ1) is 7.81. The van der Waals surface area contributed by atoms with E-state index >= 15 is 0 Å². The molecule has 1 aliphatic heterocycles. The standard InChI is InChI=1S/C11H12S/c1-9-7-10-5-3-4-6-11(10)8-12(9)2/h3-8H,1-2H3.